The quantitative estimate of drug-likeness (QED) is 0.312. The lowest BCUT2D eigenvalue weighted by Crippen LogP contribution is -2.01. The van der Waals surface area contributed by atoms with Gasteiger partial charge in [-0.1, -0.05) is 0 Å². The molecular formula is C20H12N4O8S. The van der Waals surface area contributed by atoms with Crippen molar-refractivity contribution in [2.45, 2.75) is 4.90 Å². The summed E-state index contributed by atoms with van der Waals surface area (Å²) in [5, 5.41) is 34.4. The fourth-order valence-corrected chi connectivity index (χ4v) is 4.18. The number of sulfone groups is 1. The van der Waals surface area contributed by atoms with Crippen LogP contribution in [-0.2, 0) is 9.84 Å². The van der Waals surface area contributed by atoms with E-state index in [9.17, 15) is 38.8 Å². The SMILES string of the molecule is CS(=O)(=O)c1ccc(N=C2c3cc([N+](=O)[O-])ccc3-c3c2cc([N+](=O)[O-])cc3[N+](=O)[O-])cc1. The minimum Gasteiger partial charge on any atom is -0.258 e. The fraction of sp³-hybridized carbons (Fsp3) is 0.0500. The maximum Gasteiger partial charge on any atom is 0.284 e. The van der Waals surface area contributed by atoms with E-state index in [1.807, 2.05) is 0 Å². The molecule has 3 aromatic carbocycles. The zero-order chi connectivity index (χ0) is 24.1. The van der Waals surface area contributed by atoms with Crippen LogP contribution in [0.2, 0.25) is 0 Å². The first-order valence-electron chi connectivity index (χ1n) is 9.12. The highest BCUT2D eigenvalue weighted by Crippen LogP contribution is 2.46. The summed E-state index contributed by atoms with van der Waals surface area (Å²) < 4.78 is 23.4. The number of benzene rings is 3. The van der Waals surface area contributed by atoms with E-state index < -0.39 is 36.0 Å². The highest BCUT2D eigenvalue weighted by molar-refractivity contribution is 7.90. The summed E-state index contributed by atoms with van der Waals surface area (Å²) in [6, 6.07) is 11.1. The molecule has 0 saturated carbocycles. The number of fused-ring (bicyclic) bond motifs is 3. The van der Waals surface area contributed by atoms with Gasteiger partial charge in [-0.2, -0.15) is 0 Å². The maximum atomic E-state index is 11.7. The molecule has 0 amide bonds. The zero-order valence-corrected chi connectivity index (χ0v) is 17.5. The van der Waals surface area contributed by atoms with Gasteiger partial charge in [0, 0.05) is 35.6 Å². The average molecular weight is 468 g/mol. The van der Waals surface area contributed by atoms with Crippen LogP contribution in [0.1, 0.15) is 11.1 Å². The van der Waals surface area contributed by atoms with Crippen molar-refractivity contribution in [2.75, 3.05) is 6.26 Å². The van der Waals surface area contributed by atoms with Crippen LogP contribution in [0.3, 0.4) is 0 Å². The molecule has 1 aliphatic carbocycles. The first-order valence-corrected chi connectivity index (χ1v) is 11.0. The van der Waals surface area contributed by atoms with Crippen molar-refractivity contribution < 1.29 is 23.2 Å². The van der Waals surface area contributed by atoms with Crippen LogP contribution < -0.4 is 0 Å². The monoisotopic (exact) mass is 468 g/mol. The number of rotatable bonds is 5. The molecule has 0 heterocycles. The Morgan fingerprint density at radius 3 is 1.88 bits per heavy atom. The largest absolute Gasteiger partial charge is 0.284 e. The lowest BCUT2D eigenvalue weighted by Gasteiger charge is -2.04. The first kappa shape index (κ1) is 21.7. The van der Waals surface area contributed by atoms with Crippen molar-refractivity contribution >= 4 is 38.3 Å². The molecule has 0 spiro atoms. The molecule has 0 N–H and O–H groups in total. The van der Waals surface area contributed by atoms with Gasteiger partial charge in [-0.3, -0.25) is 30.3 Å². The number of non-ortho nitro benzene ring substituents is 2. The smallest absolute Gasteiger partial charge is 0.258 e. The molecular weight excluding hydrogens is 456 g/mol. The molecule has 0 saturated heterocycles. The van der Waals surface area contributed by atoms with Crippen LogP contribution in [0.15, 0.2) is 64.5 Å². The third kappa shape index (κ3) is 3.80. The molecule has 166 valence electrons. The van der Waals surface area contributed by atoms with Gasteiger partial charge in [0.15, 0.2) is 9.84 Å². The predicted octanol–water partition coefficient (Wildman–Crippen LogP) is 3.96. The maximum absolute atomic E-state index is 11.7. The van der Waals surface area contributed by atoms with E-state index in [1.54, 1.807) is 0 Å². The molecule has 0 fully saturated rings. The molecule has 0 aliphatic heterocycles. The Bertz CT molecular complexity index is 1510. The number of nitro benzene ring substituents is 3. The molecule has 0 radical (unpaired) electrons. The number of aliphatic imine (C=N–C) groups is 1. The molecule has 0 bridgehead atoms. The van der Waals surface area contributed by atoms with Crippen molar-refractivity contribution in [1.29, 1.82) is 0 Å². The van der Waals surface area contributed by atoms with Crippen molar-refractivity contribution in [1.82, 2.24) is 0 Å². The van der Waals surface area contributed by atoms with E-state index >= 15 is 0 Å². The van der Waals surface area contributed by atoms with Gasteiger partial charge in [0.05, 0.1) is 42.7 Å². The van der Waals surface area contributed by atoms with E-state index in [1.165, 1.54) is 42.5 Å². The zero-order valence-electron chi connectivity index (χ0n) is 16.7. The van der Waals surface area contributed by atoms with E-state index in [2.05, 4.69) is 4.99 Å². The highest BCUT2D eigenvalue weighted by Gasteiger charge is 2.36. The molecule has 33 heavy (non-hydrogen) atoms. The Morgan fingerprint density at radius 2 is 1.33 bits per heavy atom. The third-order valence-corrected chi connectivity index (χ3v) is 6.14. The van der Waals surface area contributed by atoms with Crippen molar-refractivity contribution in [3.05, 3.63) is 96.1 Å². The van der Waals surface area contributed by atoms with E-state index in [4.69, 9.17) is 0 Å². The van der Waals surface area contributed by atoms with Crippen LogP contribution in [0.5, 0.6) is 0 Å². The Balaban J connectivity index is 2.03. The Hall–Kier alpha value is -4.52. The number of hydrogen-bond acceptors (Lipinski definition) is 9. The number of hydrogen-bond donors (Lipinski definition) is 0. The van der Waals surface area contributed by atoms with Crippen molar-refractivity contribution in [3.63, 3.8) is 0 Å². The molecule has 0 unspecified atom stereocenters. The summed E-state index contributed by atoms with van der Waals surface area (Å²) in [5.41, 5.74) is -0.479. The lowest BCUT2D eigenvalue weighted by molar-refractivity contribution is -0.393. The average Bonchev–Trinajstić information content (AvgIpc) is 3.05. The van der Waals surface area contributed by atoms with Crippen LogP contribution in [0.4, 0.5) is 22.7 Å². The Morgan fingerprint density at radius 1 is 0.727 bits per heavy atom. The Kier molecular flexibility index (Phi) is 4.97. The van der Waals surface area contributed by atoms with Gasteiger partial charge < -0.3 is 0 Å². The van der Waals surface area contributed by atoms with Crippen LogP contribution in [0.25, 0.3) is 11.1 Å². The van der Waals surface area contributed by atoms with Gasteiger partial charge >= 0.3 is 0 Å². The second kappa shape index (κ2) is 7.56. The summed E-state index contributed by atoms with van der Waals surface area (Å²) in [7, 11) is -3.46. The van der Waals surface area contributed by atoms with Gasteiger partial charge in [-0.25, -0.2) is 13.4 Å². The van der Waals surface area contributed by atoms with Crippen LogP contribution >= 0.6 is 0 Å². The third-order valence-electron chi connectivity index (χ3n) is 5.01. The molecule has 12 nitrogen and oxygen atoms in total. The highest BCUT2D eigenvalue weighted by atomic mass is 32.2. The minimum absolute atomic E-state index is 0.0422. The van der Waals surface area contributed by atoms with E-state index in [0.29, 0.717) is 0 Å². The minimum atomic E-state index is -3.46. The molecule has 4 rings (SSSR count). The summed E-state index contributed by atoms with van der Waals surface area (Å²) in [6.07, 6.45) is 1.04. The second-order valence-electron chi connectivity index (χ2n) is 7.12. The summed E-state index contributed by atoms with van der Waals surface area (Å²) in [4.78, 5) is 36.7. The summed E-state index contributed by atoms with van der Waals surface area (Å²) in [5.74, 6) is 0. The summed E-state index contributed by atoms with van der Waals surface area (Å²) >= 11 is 0. The topological polar surface area (TPSA) is 176 Å². The van der Waals surface area contributed by atoms with Crippen molar-refractivity contribution in [3.8, 4) is 11.1 Å². The van der Waals surface area contributed by atoms with Crippen LogP contribution in [0, 0.1) is 30.3 Å². The van der Waals surface area contributed by atoms with Gasteiger partial charge in [0.1, 0.15) is 0 Å². The molecule has 13 heteroatoms. The van der Waals surface area contributed by atoms with Gasteiger partial charge in [0.2, 0.25) is 0 Å². The first-order chi connectivity index (χ1) is 15.5. The predicted molar refractivity (Wildman–Crippen MR) is 117 cm³/mol. The van der Waals surface area contributed by atoms with Crippen molar-refractivity contribution in [2.24, 2.45) is 4.99 Å². The Labute approximate surface area is 185 Å². The fourth-order valence-electron chi connectivity index (χ4n) is 3.55. The van der Waals surface area contributed by atoms with Gasteiger partial charge in [-0.15, -0.1) is 0 Å². The molecule has 0 aromatic heterocycles. The van der Waals surface area contributed by atoms with Gasteiger partial charge in [-0.05, 0) is 35.9 Å². The van der Waals surface area contributed by atoms with Gasteiger partial charge in [0.25, 0.3) is 17.1 Å². The molecule has 1 aliphatic rings. The molecule has 0 atom stereocenters. The normalized spacial score (nSPS) is 13.4. The standard InChI is InChI=1S/C20H12N4O8S/c1-33(31,32)14-5-2-11(3-6-14)21-20-16-8-12(22(25)26)4-7-15(16)19-17(20)9-13(23(27)28)10-18(19)24(29)30/h2-10H,1H3. The summed E-state index contributed by atoms with van der Waals surface area (Å²) in [6.45, 7) is 0. The lowest BCUT2D eigenvalue weighted by atomic mass is 10.0. The van der Waals surface area contributed by atoms with Crippen LogP contribution in [-0.4, -0.2) is 35.2 Å². The van der Waals surface area contributed by atoms with E-state index in [-0.39, 0.29) is 44.2 Å². The second-order valence-corrected chi connectivity index (χ2v) is 9.13. The number of nitro groups is 3. The van der Waals surface area contributed by atoms with E-state index in [0.717, 1.165) is 18.4 Å². The number of nitrogens with zero attached hydrogens (tertiary/aromatic N) is 4. The molecule has 3 aromatic rings.